The molecular weight excluding hydrogens is 426 g/mol. The lowest BCUT2D eigenvalue weighted by molar-refractivity contribution is -0.131. The van der Waals surface area contributed by atoms with E-state index in [4.69, 9.17) is 4.42 Å². The van der Waals surface area contributed by atoms with Gasteiger partial charge in [-0.25, -0.2) is 0 Å². The van der Waals surface area contributed by atoms with E-state index < -0.39 is 5.91 Å². The molecule has 0 spiro atoms. The molecule has 8 heteroatoms. The molecule has 0 bridgehead atoms. The molecule has 1 aromatic heterocycles. The molecule has 3 rings (SSSR count). The fraction of sp³-hybridized carbons (Fsp3) is 0.350. The molecule has 2 aromatic rings. The molecule has 0 saturated carbocycles. The third-order valence-corrected chi connectivity index (χ3v) is 5.15. The minimum atomic E-state index is -0.441. The quantitative estimate of drug-likeness (QED) is 0.761. The van der Waals surface area contributed by atoms with Crippen LogP contribution in [0.15, 0.2) is 45.5 Å². The lowest BCUT2D eigenvalue weighted by atomic mass is 10.1. The monoisotopic (exact) mass is 447 g/mol. The van der Waals surface area contributed by atoms with Gasteiger partial charge in [0.05, 0.1) is 6.54 Å². The van der Waals surface area contributed by atoms with Crippen LogP contribution in [-0.4, -0.2) is 60.2 Å². The van der Waals surface area contributed by atoms with Crippen LogP contribution in [0.5, 0.6) is 0 Å². The van der Waals surface area contributed by atoms with Crippen molar-refractivity contribution in [1.82, 2.24) is 15.1 Å². The predicted octanol–water partition coefficient (Wildman–Crippen LogP) is 2.32. The van der Waals surface area contributed by atoms with E-state index in [1.807, 2.05) is 24.3 Å². The van der Waals surface area contributed by atoms with Gasteiger partial charge in [-0.1, -0.05) is 19.1 Å². The highest BCUT2D eigenvalue weighted by Gasteiger charge is 2.25. The van der Waals surface area contributed by atoms with Crippen molar-refractivity contribution in [2.45, 2.75) is 13.3 Å². The summed E-state index contributed by atoms with van der Waals surface area (Å²) in [4.78, 5) is 40.3. The van der Waals surface area contributed by atoms with Gasteiger partial charge in [0.25, 0.3) is 11.8 Å². The molecule has 1 fully saturated rings. The summed E-state index contributed by atoms with van der Waals surface area (Å²) in [5.41, 5.74) is 1.85. The van der Waals surface area contributed by atoms with Crippen molar-refractivity contribution in [3.8, 4) is 0 Å². The van der Waals surface area contributed by atoms with Crippen molar-refractivity contribution in [3.63, 3.8) is 0 Å². The van der Waals surface area contributed by atoms with E-state index in [0.717, 1.165) is 6.42 Å². The fourth-order valence-corrected chi connectivity index (χ4v) is 3.32. The number of amides is 3. The highest BCUT2D eigenvalue weighted by molar-refractivity contribution is 9.10. The van der Waals surface area contributed by atoms with Gasteiger partial charge in [-0.05, 0) is 52.2 Å². The van der Waals surface area contributed by atoms with Gasteiger partial charge in [-0.15, -0.1) is 0 Å². The van der Waals surface area contributed by atoms with Gasteiger partial charge in [0.1, 0.15) is 0 Å². The number of halogens is 1. The van der Waals surface area contributed by atoms with E-state index >= 15 is 0 Å². The number of carbonyl (C=O) groups excluding carboxylic acids is 3. The van der Waals surface area contributed by atoms with E-state index in [-0.39, 0.29) is 24.1 Å². The Kier molecular flexibility index (Phi) is 6.51. The number of aryl methyl sites for hydroxylation is 1. The average molecular weight is 448 g/mol. The van der Waals surface area contributed by atoms with E-state index in [2.05, 4.69) is 28.2 Å². The van der Waals surface area contributed by atoms with Crippen LogP contribution in [0.4, 0.5) is 0 Å². The summed E-state index contributed by atoms with van der Waals surface area (Å²) in [7, 11) is 0. The van der Waals surface area contributed by atoms with Gasteiger partial charge < -0.3 is 19.5 Å². The van der Waals surface area contributed by atoms with Crippen LogP contribution in [0.2, 0.25) is 0 Å². The first-order valence-electron chi connectivity index (χ1n) is 9.17. The number of rotatable bonds is 5. The average Bonchev–Trinajstić information content (AvgIpc) is 3.18. The molecule has 28 heavy (non-hydrogen) atoms. The van der Waals surface area contributed by atoms with Gasteiger partial charge in [-0.2, -0.15) is 0 Å². The molecule has 1 N–H and O–H groups in total. The van der Waals surface area contributed by atoms with Gasteiger partial charge >= 0.3 is 0 Å². The van der Waals surface area contributed by atoms with E-state index in [0.29, 0.717) is 36.4 Å². The Morgan fingerprint density at radius 1 is 1.00 bits per heavy atom. The second kappa shape index (κ2) is 9.05. The maximum absolute atomic E-state index is 12.6. The standard InChI is InChI=1S/C20H22BrN3O4/c1-2-14-3-5-15(6-4-14)20(27)24-11-9-23(10-12-24)18(25)13-22-19(26)16-7-8-17(21)28-16/h3-8H,2,9-13H2,1H3,(H,22,26). The molecule has 1 saturated heterocycles. The van der Waals surface area contributed by atoms with Crippen LogP contribution >= 0.6 is 15.9 Å². The summed E-state index contributed by atoms with van der Waals surface area (Å²) in [6.07, 6.45) is 0.934. The summed E-state index contributed by atoms with van der Waals surface area (Å²) >= 11 is 3.13. The molecule has 3 amide bonds. The van der Waals surface area contributed by atoms with Crippen LogP contribution < -0.4 is 5.32 Å². The normalized spacial score (nSPS) is 14.1. The van der Waals surface area contributed by atoms with Crippen LogP contribution in [0, 0.1) is 0 Å². The summed E-state index contributed by atoms with van der Waals surface area (Å²) in [6, 6.07) is 10.8. The third kappa shape index (κ3) is 4.81. The maximum Gasteiger partial charge on any atom is 0.287 e. The van der Waals surface area contributed by atoms with Crippen LogP contribution in [0.25, 0.3) is 0 Å². The van der Waals surface area contributed by atoms with Crippen molar-refractivity contribution < 1.29 is 18.8 Å². The molecule has 0 atom stereocenters. The minimum Gasteiger partial charge on any atom is -0.444 e. The number of nitrogens with zero attached hydrogens (tertiary/aromatic N) is 2. The zero-order valence-corrected chi connectivity index (χ0v) is 17.2. The van der Waals surface area contributed by atoms with Crippen molar-refractivity contribution >= 4 is 33.7 Å². The number of furan rings is 1. The summed E-state index contributed by atoms with van der Waals surface area (Å²) in [5, 5.41) is 2.55. The summed E-state index contributed by atoms with van der Waals surface area (Å²) in [6.45, 7) is 3.80. The minimum absolute atomic E-state index is 0.0218. The van der Waals surface area contributed by atoms with Gasteiger partial charge in [-0.3, -0.25) is 14.4 Å². The van der Waals surface area contributed by atoms with Crippen molar-refractivity contribution in [2.75, 3.05) is 32.7 Å². The summed E-state index contributed by atoms with van der Waals surface area (Å²) < 4.78 is 5.61. The lowest BCUT2D eigenvalue weighted by Crippen LogP contribution is -2.52. The van der Waals surface area contributed by atoms with Gasteiger partial charge in [0.2, 0.25) is 5.91 Å². The Morgan fingerprint density at radius 2 is 1.64 bits per heavy atom. The topological polar surface area (TPSA) is 82.9 Å². The predicted molar refractivity (Wildman–Crippen MR) is 107 cm³/mol. The number of hydrogen-bond acceptors (Lipinski definition) is 4. The molecule has 0 unspecified atom stereocenters. The Morgan fingerprint density at radius 3 is 2.21 bits per heavy atom. The number of hydrogen-bond donors (Lipinski definition) is 1. The zero-order chi connectivity index (χ0) is 20.1. The second-order valence-corrected chi connectivity index (χ2v) is 7.29. The second-order valence-electron chi connectivity index (χ2n) is 6.51. The SMILES string of the molecule is CCc1ccc(C(=O)N2CCN(C(=O)CNC(=O)c3ccc(Br)o3)CC2)cc1. The number of benzene rings is 1. The Labute approximate surface area is 171 Å². The van der Waals surface area contributed by atoms with Crippen molar-refractivity contribution in [2.24, 2.45) is 0 Å². The molecule has 148 valence electrons. The van der Waals surface area contributed by atoms with Crippen LogP contribution in [0.1, 0.15) is 33.4 Å². The molecule has 2 heterocycles. The largest absolute Gasteiger partial charge is 0.444 e. The highest BCUT2D eigenvalue weighted by Crippen LogP contribution is 2.14. The first-order chi connectivity index (χ1) is 13.5. The van der Waals surface area contributed by atoms with E-state index in [9.17, 15) is 14.4 Å². The molecule has 1 aliphatic rings. The third-order valence-electron chi connectivity index (χ3n) is 4.73. The zero-order valence-electron chi connectivity index (χ0n) is 15.6. The van der Waals surface area contributed by atoms with Gasteiger partial charge in [0.15, 0.2) is 10.4 Å². The molecule has 0 radical (unpaired) electrons. The number of carbonyl (C=O) groups is 3. The van der Waals surface area contributed by atoms with E-state index in [1.165, 1.54) is 11.6 Å². The molecule has 0 aliphatic carbocycles. The Balaban J connectivity index is 1.46. The van der Waals surface area contributed by atoms with Gasteiger partial charge in [0, 0.05) is 31.7 Å². The number of nitrogens with one attached hydrogen (secondary N) is 1. The maximum atomic E-state index is 12.6. The fourth-order valence-electron chi connectivity index (χ4n) is 3.02. The van der Waals surface area contributed by atoms with Crippen molar-refractivity contribution in [1.29, 1.82) is 0 Å². The van der Waals surface area contributed by atoms with Crippen molar-refractivity contribution in [3.05, 3.63) is 58.0 Å². The molecule has 1 aromatic carbocycles. The first-order valence-corrected chi connectivity index (χ1v) is 9.96. The molecule has 7 nitrogen and oxygen atoms in total. The Bertz CT molecular complexity index is 855. The van der Waals surface area contributed by atoms with Crippen LogP contribution in [-0.2, 0) is 11.2 Å². The lowest BCUT2D eigenvalue weighted by Gasteiger charge is -2.34. The smallest absolute Gasteiger partial charge is 0.287 e. The van der Waals surface area contributed by atoms with Crippen LogP contribution in [0.3, 0.4) is 0 Å². The Hall–Kier alpha value is -2.61. The first kappa shape index (κ1) is 20.1. The highest BCUT2D eigenvalue weighted by atomic mass is 79.9. The molecule has 1 aliphatic heterocycles. The molecular formula is C20H22BrN3O4. The number of piperazine rings is 1. The summed E-state index contributed by atoms with van der Waals surface area (Å²) in [5.74, 6) is -0.502. The van der Waals surface area contributed by atoms with E-state index in [1.54, 1.807) is 15.9 Å².